The first-order chi connectivity index (χ1) is 15.5. The lowest BCUT2D eigenvalue weighted by atomic mass is 9.72. The third-order valence-electron chi connectivity index (χ3n) is 5.70. The van der Waals surface area contributed by atoms with Gasteiger partial charge in [-0.3, -0.25) is 4.57 Å². The largest absolute Gasteiger partial charge is 0.508 e. The Balaban J connectivity index is 1.96. The number of benzene rings is 2. The molecule has 0 aliphatic carbocycles. The molecule has 1 aromatic heterocycles. The number of phenols is 2. The molecule has 0 aliphatic rings. The quantitative estimate of drug-likeness (QED) is 0.256. The summed E-state index contributed by atoms with van der Waals surface area (Å²) in [4.78, 5) is 0.562. The average molecular weight is 468 g/mol. The smallest absolute Gasteiger partial charge is 0.200 e. The van der Waals surface area contributed by atoms with E-state index >= 15 is 0 Å². The van der Waals surface area contributed by atoms with Crippen LogP contribution in [0.2, 0.25) is 0 Å². The number of aromatic hydroxyl groups is 2. The fraction of sp³-hybridized carbons (Fsp3) is 0.481. The van der Waals surface area contributed by atoms with Crippen LogP contribution in [0.3, 0.4) is 0 Å². The minimum absolute atomic E-state index is 0.0965. The molecular formula is C27H37N3O2S. The summed E-state index contributed by atoms with van der Waals surface area (Å²) < 4.78 is 2.05. The highest BCUT2D eigenvalue weighted by atomic mass is 32.2. The van der Waals surface area contributed by atoms with Crippen LogP contribution in [0.5, 0.6) is 11.5 Å². The maximum atomic E-state index is 10.9. The monoisotopic (exact) mass is 467 g/mol. The Bertz CT molecular complexity index is 1070. The minimum Gasteiger partial charge on any atom is -0.508 e. The molecular weight excluding hydrogens is 430 g/mol. The predicted molar refractivity (Wildman–Crippen MR) is 136 cm³/mol. The van der Waals surface area contributed by atoms with Crippen molar-refractivity contribution in [3.05, 3.63) is 53.9 Å². The molecule has 0 saturated carbocycles. The van der Waals surface area contributed by atoms with Crippen LogP contribution < -0.4 is 0 Å². The molecule has 0 fully saturated rings. The van der Waals surface area contributed by atoms with E-state index in [1.165, 1.54) is 11.8 Å². The molecule has 33 heavy (non-hydrogen) atoms. The molecule has 0 aliphatic heterocycles. The number of hydrogen-bond donors (Lipinski definition) is 2. The van der Waals surface area contributed by atoms with Gasteiger partial charge >= 0.3 is 0 Å². The van der Waals surface area contributed by atoms with E-state index < -0.39 is 0 Å². The van der Waals surface area contributed by atoms with E-state index in [4.69, 9.17) is 0 Å². The van der Waals surface area contributed by atoms with Crippen LogP contribution in [-0.2, 0) is 11.8 Å². The second-order valence-corrected chi connectivity index (χ2v) is 11.6. The fourth-order valence-electron chi connectivity index (χ4n) is 4.60. The molecule has 0 amide bonds. The van der Waals surface area contributed by atoms with Gasteiger partial charge in [-0.2, -0.15) is 0 Å². The van der Waals surface area contributed by atoms with Crippen molar-refractivity contribution in [2.75, 3.05) is 0 Å². The predicted octanol–water partition coefficient (Wildman–Crippen LogP) is 7.28. The number of hydrogen-bond acceptors (Lipinski definition) is 5. The summed E-state index contributed by atoms with van der Waals surface area (Å²) in [5.74, 6) is 1.24. The number of unbranched alkanes of at least 4 members (excludes halogenated alkanes) is 2. The molecule has 6 heteroatoms. The van der Waals surface area contributed by atoms with Crippen LogP contribution in [0.4, 0.5) is 0 Å². The van der Waals surface area contributed by atoms with Gasteiger partial charge in [-0.1, -0.05) is 72.6 Å². The lowest BCUT2D eigenvalue weighted by Crippen LogP contribution is -2.24. The van der Waals surface area contributed by atoms with Crippen LogP contribution in [-0.4, -0.2) is 25.0 Å². The van der Waals surface area contributed by atoms with Gasteiger partial charge in [-0.25, -0.2) is 0 Å². The van der Waals surface area contributed by atoms with Crippen LogP contribution in [0.25, 0.3) is 5.69 Å². The highest BCUT2D eigenvalue weighted by Crippen LogP contribution is 2.45. The molecule has 0 spiro atoms. The average Bonchev–Trinajstić information content (AvgIpc) is 3.12. The zero-order chi connectivity index (χ0) is 24.2. The number of rotatable bonds is 9. The maximum Gasteiger partial charge on any atom is 0.200 e. The van der Waals surface area contributed by atoms with Gasteiger partial charge in [0, 0.05) is 17.7 Å². The standard InChI is InChI=1S/C27H37N3O2S/c1-7-8-10-15-24-28-29-25(30(24)19-13-11-9-12-14-19)33-23-17-21(31)20(16-22(23)32)27(5,6)18-26(2,3)4/h9,11-14,16-17,31-32H,7-8,10,15,18H2,1-6H3. The van der Waals surface area contributed by atoms with E-state index in [0.717, 1.165) is 49.2 Å². The lowest BCUT2D eigenvalue weighted by Gasteiger charge is -2.33. The van der Waals surface area contributed by atoms with Crippen LogP contribution >= 0.6 is 11.8 Å². The number of aromatic nitrogens is 3. The second kappa shape index (κ2) is 10.2. The third kappa shape index (κ3) is 6.32. The highest BCUT2D eigenvalue weighted by molar-refractivity contribution is 7.99. The number of aryl methyl sites for hydroxylation is 1. The zero-order valence-electron chi connectivity index (χ0n) is 20.7. The molecule has 178 valence electrons. The van der Waals surface area contributed by atoms with Crippen molar-refractivity contribution in [1.29, 1.82) is 0 Å². The van der Waals surface area contributed by atoms with Crippen molar-refractivity contribution in [1.82, 2.24) is 14.8 Å². The van der Waals surface area contributed by atoms with E-state index in [-0.39, 0.29) is 22.3 Å². The first kappa shape index (κ1) is 25.2. The highest BCUT2D eigenvalue weighted by Gasteiger charge is 2.31. The Kier molecular flexibility index (Phi) is 7.78. The molecule has 0 unspecified atom stereocenters. The zero-order valence-corrected chi connectivity index (χ0v) is 21.5. The van der Waals surface area contributed by atoms with Gasteiger partial charge in [0.05, 0.1) is 4.90 Å². The van der Waals surface area contributed by atoms with Crippen LogP contribution in [0.15, 0.2) is 52.5 Å². The summed E-state index contributed by atoms with van der Waals surface area (Å²) in [6.45, 7) is 13.0. The molecule has 2 aromatic carbocycles. The topological polar surface area (TPSA) is 71.2 Å². The maximum absolute atomic E-state index is 10.9. The Labute approximate surface area is 202 Å². The van der Waals surface area contributed by atoms with Gasteiger partial charge in [0.25, 0.3) is 0 Å². The SMILES string of the molecule is CCCCCc1nnc(Sc2cc(O)c(C(C)(C)CC(C)(C)C)cc2O)n1-c1ccccc1. The van der Waals surface area contributed by atoms with E-state index in [1.54, 1.807) is 12.1 Å². The molecule has 3 rings (SSSR count). The lowest BCUT2D eigenvalue weighted by molar-refractivity contribution is 0.277. The summed E-state index contributed by atoms with van der Waals surface area (Å²) >= 11 is 1.32. The Morgan fingerprint density at radius 3 is 2.24 bits per heavy atom. The van der Waals surface area contributed by atoms with Crippen molar-refractivity contribution in [3.63, 3.8) is 0 Å². The molecule has 0 saturated heterocycles. The number of nitrogens with zero attached hydrogens (tertiary/aromatic N) is 3. The minimum atomic E-state index is -0.278. The molecule has 0 bridgehead atoms. The normalized spacial score (nSPS) is 12.3. The van der Waals surface area contributed by atoms with Crippen LogP contribution in [0.1, 0.15) is 78.6 Å². The summed E-state index contributed by atoms with van der Waals surface area (Å²) in [5, 5.41) is 31.4. The fourth-order valence-corrected chi connectivity index (χ4v) is 5.51. The Hall–Kier alpha value is -2.47. The van der Waals surface area contributed by atoms with Gasteiger partial charge < -0.3 is 10.2 Å². The first-order valence-corrected chi connectivity index (χ1v) is 12.6. The van der Waals surface area contributed by atoms with Gasteiger partial charge in [-0.15, -0.1) is 10.2 Å². The first-order valence-electron chi connectivity index (χ1n) is 11.8. The van der Waals surface area contributed by atoms with Gasteiger partial charge in [0.15, 0.2) is 0 Å². The second-order valence-electron chi connectivity index (χ2n) is 10.6. The van der Waals surface area contributed by atoms with Crippen molar-refractivity contribution in [2.45, 2.75) is 89.1 Å². The van der Waals surface area contributed by atoms with Crippen LogP contribution in [0, 0.1) is 5.41 Å². The molecule has 0 radical (unpaired) electrons. The molecule has 0 atom stereocenters. The number of para-hydroxylation sites is 1. The van der Waals surface area contributed by atoms with Crippen molar-refractivity contribution in [2.24, 2.45) is 5.41 Å². The Morgan fingerprint density at radius 1 is 0.909 bits per heavy atom. The van der Waals surface area contributed by atoms with Crippen molar-refractivity contribution >= 4 is 11.8 Å². The van der Waals surface area contributed by atoms with E-state index in [1.807, 2.05) is 34.9 Å². The number of phenolic OH excluding ortho intramolecular Hbond substituents is 2. The molecule has 5 nitrogen and oxygen atoms in total. The summed E-state index contributed by atoms with van der Waals surface area (Å²) in [6, 6.07) is 13.4. The van der Waals surface area contributed by atoms with Gasteiger partial charge in [0.1, 0.15) is 17.3 Å². The van der Waals surface area contributed by atoms with Gasteiger partial charge in [0.2, 0.25) is 5.16 Å². The molecule has 1 heterocycles. The molecule has 2 N–H and O–H groups in total. The summed E-state index contributed by atoms with van der Waals surface area (Å²) in [6.07, 6.45) is 5.06. The summed E-state index contributed by atoms with van der Waals surface area (Å²) in [7, 11) is 0. The van der Waals surface area contributed by atoms with Gasteiger partial charge in [-0.05, 0) is 59.7 Å². The third-order valence-corrected chi connectivity index (χ3v) is 6.69. The van der Waals surface area contributed by atoms with E-state index in [9.17, 15) is 10.2 Å². The summed E-state index contributed by atoms with van der Waals surface area (Å²) in [5.41, 5.74) is 1.56. The van der Waals surface area contributed by atoms with Crippen molar-refractivity contribution < 1.29 is 10.2 Å². The van der Waals surface area contributed by atoms with E-state index in [0.29, 0.717) is 10.1 Å². The van der Waals surface area contributed by atoms with Crippen molar-refractivity contribution in [3.8, 4) is 17.2 Å². The van der Waals surface area contributed by atoms with E-state index in [2.05, 4.69) is 51.7 Å². The Morgan fingerprint density at radius 2 is 1.61 bits per heavy atom. The molecule has 3 aromatic rings.